The van der Waals surface area contributed by atoms with Crippen LogP contribution in [-0.4, -0.2) is 38.9 Å². The first-order valence-electron chi connectivity index (χ1n) is 8.41. The summed E-state index contributed by atoms with van der Waals surface area (Å²) in [6.45, 7) is 2.30. The number of aliphatic hydroxyl groups excluding tert-OH is 1. The van der Waals surface area contributed by atoms with E-state index in [9.17, 15) is 14.7 Å². The molecule has 1 aliphatic carbocycles. The van der Waals surface area contributed by atoms with Crippen molar-refractivity contribution in [3.05, 3.63) is 27.7 Å². The van der Waals surface area contributed by atoms with E-state index in [1.54, 1.807) is 20.0 Å². The van der Waals surface area contributed by atoms with Gasteiger partial charge in [0, 0.05) is 24.7 Å². The summed E-state index contributed by atoms with van der Waals surface area (Å²) in [5.41, 5.74) is 0.928. The van der Waals surface area contributed by atoms with E-state index in [4.69, 9.17) is 0 Å². The third kappa shape index (κ3) is 2.96. The van der Waals surface area contributed by atoms with Crippen LogP contribution in [0.25, 0.3) is 11.0 Å². The number of aliphatic hydroxyl groups is 1. The van der Waals surface area contributed by atoms with E-state index >= 15 is 0 Å². The zero-order valence-corrected chi connectivity index (χ0v) is 14.2. The molecule has 130 valence electrons. The lowest BCUT2D eigenvalue weighted by Crippen LogP contribution is -2.41. The number of rotatable bonds is 4. The second-order valence-corrected chi connectivity index (χ2v) is 6.91. The van der Waals surface area contributed by atoms with Gasteiger partial charge in [-0.3, -0.25) is 19.4 Å². The third-order valence-electron chi connectivity index (χ3n) is 5.06. The molecular weight excluding hydrogens is 308 g/mol. The molecule has 0 spiro atoms. The van der Waals surface area contributed by atoms with E-state index < -0.39 is 0 Å². The molecule has 0 radical (unpaired) electrons. The standard InChI is InChI=1S/C17H24N4O3/c1-11-8-12(13-14(19-11)21(2)20-16(13)24)15(23)18-9-17(10-22)6-4-3-5-7-17/h8,22H,3-7,9-10H2,1-2H3,(H,18,23)(H,20,24). The molecule has 1 fully saturated rings. The lowest BCUT2D eigenvalue weighted by Gasteiger charge is -2.35. The number of nitrogens with zero attached hydrogens (tertiary/aromatic N) is 2. The summed E-state index contributed by atoms with van der Waals surface area (Å²) in [4.78, 5) is 29.1. The summed E-state index contributed by atoms with van der Waals surface area (Å²) in [7, 11) is 1.70. The van der Waals surface area contributed by atoms with Crippen LogP contribution in [0, 0.1) is 12.3 Å². The topological polar surface area (TPSA) is 100 Å². The average Bonchev–Trinajstić information content (AvgIpc) is 2.87. The lowest BCUT2D eigenvalue weighted by atomic mass is 9.74. The maximum absolute atomic E-state index is 12.7. The predicted octanol–water partition coefficient (Wildman–Crippen LogP) is 1.24. The van der Waals surface area contributed by atoms with E-state index in [1.165, 1.54) is 11.1 Å². The van der Waals surface area contributed by atoms with Crippen molar-refractivity contribution in [3.8, 4) is 0 Å². The number of nitrogens with one attached hydrogen (secondary N) is 2. The van der Waals surface area contributed by atoms with Crippen LogP contribution in [-0.2, 0) is 7.05 Å². The monoisotopic (exact) mass is 332 g/mol. The van der Waals surface area contributed by atoms with Crippen LogP contribution in [0.4, 0.5) is 0 Å². The van der Waals surface area contributed by atoms with Crippen LogP contribution in [0.2, 0.25) is 0 Å². The maximum Gasteiger partial charge on any atom is 0.274 e. The van der Waals surface area contributed by atoms with Gasteiger partial charge in [-0.15, -0.1) is 0 Å². The van der Waals surface area contributed by atoms with Gasteiger partial charge in [-0.25, -0.2) is 4.98 Å². The molecule has 3 N–H and O–H groups in total. The Morgan fingerprint density at radius 2 is 2.12 bits per heavy atom. The van der Waals surface area contributed by atoms with Crippen molar-refractivity contribution in [2.75, 3.05) is 13.2 Å². The minimum atomic E-state index is -0.320. The fourth-order valence-electron chi connectivity index (χ4n) is 3.62. The van der Waals surface area contributed by atoms with Crippen molar-refractivity contribution in [1.29, 1.82) is 0 Å². The summed E-state index contributed by atoms with van der Waals surface area (Å²) in [5.74, 6) is -0.291. The molecule has 0 saturated heterocycles. The predicted molar refractivity (Wildman–Crippen MR) is 91.0 cm³/mol. The van der Waals surface area contributed by atoms with Gasteiger partial charge in [0.15, 0.2) is 5.65 Å². The van der Waals surface area contributed by atoms with Crippen LogP contribution in [0.15, 0.2) is 10.9 Å². The molecule has 1 saturated carbocycles. The first-order valence-corrected chi connectivity index (χ1v) is 8.41. The number of carbonyl (C=O) groups excluding carboxylic acids is 1. The van der Waals surface area contributed by atoms with E-state index in [1.807, 2.05) is 0 Å². The SMILES string of the molecule is Cc1cc(C(=O)NCC2(CO)CCCCC2)c2c(=O)[nH]n(C)c2n1. The molecule has 0 aromatic carbocycles. The van der Waals surface area contributed by atoms with Crippen molar-refractivity contribution >= 4 is 16.9 Å². The Balaban J connectivity index is 1.88. The molecule has 0 unspecified atom stereocenters. The zero-order valence-electron chi connectivity index (χ0n) is 14.2. The highest BCUT2D eigenvalue weighted by Gasteiger charge is 2.32. The van der Waals surface area contributed by atoms with Crippen LogP contribution in [0.5, 0.6) is 0 Å². The Kier molecular flexibility index (Phi) is 4.45. The first-order chi connectivity index (χ1) is 11.5. The minimum absolute atomic E-state index is 0.0734. The Morgan fingerprint density at radius 3 is 2.79 bits per heavy atom. The number of H-pyrrole nitrogens is 1. The molecule has 3 rings (SSSR count). The smallest absolute Gasteiger partial charge is 0.274 e. The summed E-state index contributed by atoms with van der Waals surface area (Å²) in [5, 5.41) is 15.6. The molecule has 7 heteroatoms. The Hall–Kier alpha value is -2.15. The fourth-order valence-corrected chi connectivity index (χ4v) is 3.62. The minimum Gasteiger partial charge on any atom is -0.396 e. The molecule has 1 amide bonds. The highest BCUT2D eigenvalue weighted by molar-refractivity contribution is 6.05. The fraction of sp³-hybridized carbons (Fsp3) is 0.588. The maximum atomic E-state index is 12.7. The highest BCUT2D eigenvalue weighted by Crippen LogP contribution is 2.35. The van der Waals surface area contributed by atoms with Crippen molar-refractivity contribution in [3.63, 3.8) is 0 Å². The van der Waals surface area contributed by atoms with Crippen LogP contribution < -0.4 is 10.9 Å². The number of amides is 1. The van der Waals surface area contributed by atoms with Gasteiger partial charge >= 0.3 is 0 Å². The van der Waals surface area contributed by atoms with Crippen LogP contribution in [0.1, 0.15) is 48.2 Å². The van der Waals surface area contributed by atoms with Crippen molar-refractivity contribution < 1.29 is 9.90 Å². The molecule has 2 aromatic heterocycles. The summed E-state index contributed by atoms with van der Waals surface area (Å²) in [6.07, 6.45) is 5.17. The molecule has 0 aliphatic heterocycles. The third-order valence-corrected chi connectivity index (χ3v) is 5.06. The molecule has 1 aliphatic rings. The van der Waals surface area contributed by atoms with Gasteiger partial charge in [0.1, 0.15) is 0 Å². The van der Waals surface area contributed by atoms with E-state index in [0.717, 1.165) is 25.7 Å². The number of carbonyl (C=O) groups is 1. The number of aryl methyl sites for hydroxylation is 2. The van der Waals surface area contributed by atoms with Crippen molar-refractivity contribution in [2.45, 2.75) is 39.0 Å². The van der Waals surface area contributed by atoms with Gasteiger partial charge < -0.3 is 10.4 Å². The number of aromatic nitrogens is 3. The summed E-state index contributed by atoms with van der Waals surface area (Å²) >= 11 is 0. The Bertz CT molecular complexity index is 815. The first kappa shape index (κ1) is 16.7. The van der Waals surface area contributed by atoms with E-state index in [0.29, 0.717) is 28.8 Å². The quantitative estimate of drug-likeness (QED) is 0.784. The number of pyridine rings is 1. The van der Waals surface area contributed by atoms with Gasteiger partial charge in [0.25, 0.3) is 11.5 Å². The van der Waals surface area contributed by atoms with Gasteiger partial charge in [0.2, 0.25) is 0 Å². The molecule has 0 bridgehead atoms. The normalized spacial score (nSPS) is 17.1. The lowest BCUT2D eigenvalue weighted by molar-refractivity contribution is 0.0718. The number of hydrogen-bond donors (Lipinski definition) is 3. The molecule has 2 heterocycles. The van der Waals surface area contributed by atoms with E-state index in [2.05, 4.69) is 15.4 Å². The zero-order chi connectivity index (χ0) is 17.3. The molecular formula is C17H24N4O3. The molecule has 24 heavy (non-hydrogen) atoms. The number of hydrogen-bond acceptors (Lipinski definition) is 4. The van der Waals surface area contributed by atoms with Gasteiger partial charge in [-0.2, -0.15) is 0 Å². The van der Waals surface area contributed by atoms with Crippen molar-refractivity contribution in [2.24, 2.45) is 12.5 Å². The highest BCUT2D eigenvalue weighted by atomic mass is 16.3. The second-order valence-electron chi connectivity index (χ2n) is 6.91. The average molecular weight is 332 g/mol. The molecule has 0 atom stereocenters. The number of fused-ring (bicyclic) bond motifs is 1. The van der Waals surface area contributed by atoms with Gasteiger partial charge in [-0.1, -0.05) is 19.3 Å². The van der Waals surface area contributed by atoms with Crippen LogP contribution in [0.3, 0.4) is 0 Å². The van der Waals surface area contributed by atoms with Gasteiger partial charge in [-0.05, 0) is 25.8 Å². The molecule has 2 aromatic rings. The molecule has 7 nitrogen and oxygen atoms in total. The summed E-state index contributed by atoms with van der Waals surface area (Å²) in [6, 6.07) is 1.64. The summed E-state index contributed by atoms with van der Waals surface area (Å²) < 4.78 is 1.53. The number of aromatic amines is 1. The van der Waals surface area contributed by atoms with Crippen molar-refractivity contribution in [1.82, 2.24) is 20.1 Å². The Labute approximate surface area is 140 Å². The Morgan fingerprint density at radius 1 is 1.42 bits per heavy atom. The van der Waals surface area contributed by atoms with Crippen LogP contribution >= 0.6 is 0 Å². The largest absolute Gasteiger partial charge is 0.396 e. The van der Waals surface area contributed by atoms with Gasteiger partial charge in [0.05, 0.1) is 17.6 Å². The second kappa shape index (κ2) is 6.39. The van der Waals surface area contributed by atoms with E-state index in [-0.39, 0.29) is 23.5 Å².